The number of halogens is 1. The number of hydrogen-bond donors (Lipinski definition) is 2. The first-order valence-corrected chi connectivity index (χ1v) is 10.6. The fourth-order valence-electron chi connectivity index (χ4n) is 3.22. The number of hydrogen-bond acceptors (Lipinski definition) is 6. The topological polar surface area (TPSA) is 75.1 Å². The van der Waals surface area contributed by atoms with Crippen LogP contribution in [0.25, 0.3) is 10.2 Å². The number of nitrogens with zero attached hydrogens (tertiary/aromatic N) is 2. The zero-order valence-electron chi connectivity index (χ0n) is 14.0. The van der Waals surface area contributed by atoms with Crippen LogP contribution in [0.2, 0.25) is 5.02 Å². The van der Waals surface area contributed by atoms with Crippen LogP contribution in [0.3, 0.4) is 0 Å². The van der Waals surface area contributed by atoms with Crippen molar-refractivity contribution in [3.8, 4) is 0 Å². The molecule has 0 atom stereocenters. The minimum Gasteiger partial charge on any atom is -0.478 e. The first-order valence-electron chi connectivity index (χ1n) is 8.23. The summed E-state index contributed by atoms with van der Waals surface area (Å²) in [6, 6.07) is 4.89. The van der Waals surface area contributed by atoms with E-state index in [0.717, 1.165) is 28.9 Å². The van der Waals surface area contributed by atoms with E-state index in [1.807, 2.05) is 6.26 Å². The Hall–Kier alpha value is -1.83. The Kier molecular flexibility index (Phi) is 4.77. The van der Waals surface area contributed by atoms with Crippen molar-refractivity contribution in [1.29, 1.82) is 0 Å². The minimum atomic E-state index is -1.05. The summed E-state index contributed by atoms with van der Waals surface area (Å²) in [7, 11) is 0. The van der Waals surface area contributed by atoms with Crippen molar-refractivity contribution in [2.45, 2.75) is 30.8 Å². The molecular weight excluding hydrogens is 390 g/mol. The van der Waals surface area contributed by atoms with Crippen molar-refractivity contribution in [2.24, 2.45) is 0 Å². The van der Waals surface area contributed by atoms with Gasteiger partial charge in [0.05, 0.1) is 16.0 Å². The molecule has 4 rings (SSSR count). The van der Waals surface area contributed by atoms with Gasteiger partial charge in [0.2, 0.25) is 0 Å². The molecule has 0 fully saturated rings. The molecule has 0 saturated heterocycles. The van der Waals surface area contributed by atoms with Gasteiger partial charge in [-0.15, -0.1) is 11.3 Å². The number of fused-ring (bicyclic) bond motifs is 3. The van der Waals surface area contributed by atoms with Crippen molar-refractivity contribution in [3.05, 3.63) is 39.2 Å². The minimum absolute atomic E-state index is 0.0689. The number of thioether (sulfide) groups is 1. The van der Waals surface area contributed by atoms with Gasteiger partial charge in [-0.25, -0.2) is 14.8 Å². The lowest BCUT2D eigenvalue weighted by Gasteiger charge is -2.13. The van der Waals surface area contributed by atoms with E-state index < -0.39 is 5.97 Å². The molecule has 3 aromatic rings. The SMILES string of the molecule is CSc1nc(Nc2ccc(Cl)c(C(=O)O)c2)c2c3c(sc2n1)CCCC3. The normalized spacial score (nSPS) is 13.6. The Morgan fingerprint density at radius 1 is 1.31 bits per heavy atom. The van der Waals surface area contributed by atoms with Gasteiger partial charge in [0, 0.05) is 10.6 Å². The second-order valence-electron chi connectivity index (χ2n) is 6.07. The Labute approximate surface area is 163 Å². The van der Waals surface area contributed by atoms with Crippen LogP contribution >= 0.6 is 34.7 Å². The van der Waals surface area contributed by atoms with Gasteiger partial charge in [0.25, 0.3) is 0 Å². The quantitative estimate of drug-likeness (QED) is 0.448. The summed E-state index contributed by atoms with van der Waals surface area (Å²) in [6.45, 7) is 0. The third-order valence-corrected chi connectivity index (χ3v) is 6.50. The van der Waals surface area contributed by atoms with Gasteiger partial charge in [-0.2, -0.15) is 0 Å². The van der Waals surface area contributed by atoms with Crippen molar-refractivity contribution in [1.82, 2.24) is 9.97 Å². The Balaban J connectivity index is 1.84. The van der Waals surface area contributed by atoms with Gasteiger partial charge < -0.3 is 10.4 Å². The first kappa shape index (κ1) is 17.6. The fourth-order valence-corrected chi connectivity index (χ4v) is 5.11. The predicted octanol–water partition coefficient (Wildman–Crippen LogP) is 5.39. The van der Waals surface area contributed by atoms with Crippen LogP contribution in [0.15, 0.2) is 23.4 Å². The van der Waals surface area contributed by atoms with E-state index in [1.165, 1.54) is 41.1 Å². The molecule has 26 heavy (non-hydrogen) atoms. The molecule has 134 valence electrons. The average Bonchev–Trinajstić information content (AvgIpc) is 3.01. The smallest absolute Gasteiger partial charge is 0.337 e. The number of carbonyl (C=O) groups is 1. The van der Waals surface area contributed by atoms with Crippen LogP contribution in [0, 0.1) is 0 Å². The van der Waals surface area contributed by atoms with Crippen LogP contribution in [-0.2, 0) is 12.8 Å². The summed E-state index contributed by atoms with van der Waals surface area (Å²) in [6.07, 6.45) is 6.46. The second-order valence-corrected chi connectivity index (χ2v) is 8.34. The van der Waals surface area contributed by atoms with E-state index in [2.05, 4.69) is 15.3 Å². The number of aromatic carboxylic acids is 1. The number of carboxylic acid groups (broad SMARTS) is 1. The molecule has 0 aliphatic heterocycles. The van der Waals surface area contributed by atoms with Gasteiger partial charge in [0.15, 0.2) is 5.16 Å². The lowest BCUT2D eigenvalue weighted by molar-refractivity contribution is 0.0697. The monoisotopic (exact) mass is 405 g/mol. The Morgan fingerprint density at radius 2 is 2.12 bits per heavy atom. The molecule has 1 aliphatic carbocycles. The van der Waals surface area contributed by atoms with Crippen molar-refractivity contribution < 1.29 is 9.90 Å². The van der Waals surface area contributed by atoms with Crippen molar-refractivity contribution in [3.63, 3.8) is 0 Å². The summed E-state index contributed by atoms with van der Waals surface area (Å²) in [5, 5.41) is 14.6. The molecule has 8 heteroatoms. The van der Waals surface area contributed by atoms with Gasteiger partial charge in [-0.3, -0.25) is 0 Å². The highest BCUT2D eigenvalue weighted by Gasteiger charge is 2.21. The number of carboxylic acids is 1. The summed E-state index contributed by atoms with van der Waals surface area (Å²) in [5.74, 6) is -0.318. The molecule has 0 amide bonds. The van der Waals surface area contributed by atoms with E-state index >= 15 is 0 Å². The van der Waals surface area contributed by atoms with Gasteiger partial charge in [-0.05, 0) is 55.7 Å². The third kappa shape index (κ3) is 3.15. The Morgan fingerprint density at radius 3 is 2.88 bits per heavy atom. The maximum absolute atomic E-state index is 11.3. The standard InChI is InChI=1S/C18H16ClN3O2S2/c1-25-18-21-15(20-9-6-7-12(19)11(8-9)17(23)24)14-10-4-2-3-5-13(10)26-16(14)22-18/h6-8H,2-5H2,1H3,(H,23,24)(H,20,21,22). The van der Waals surface area contributed by atoms with Crippen molar-refractivity contribution >= 4 is 62.4 Å². The number of anilines is 2. The van der Waals surface area contributed by atoms with E-state index in [4.69, 9.17) is 11.6 Å². The maximum Gasteiger partial charge on any atom is 0.337 e. The number of aryl methyl sites for hydroxylation is 2. The van der Waals surface area contributed by atoms with Crippen LogP contribution in [0.1, 0.15) is 33.6 Å². The zero-order chi connectivity index (χ0) is 18.3. The van der Waals surface area contributed by atoms with Gasteiger partial charge in [-0.1, -0.05) is 23.4 Å². The molecule has 2 aromatic heterocycles. The zero-order valence-corrected chi connectivity index (χ0v) is 16.4. The first-order chi connectivity index (χ1) is 12.6. The average molecular weight is 406 g/mol. The fraction of sp³-hybridized carbons (Fsp3) is 0.278. The van der Waals surface area contributed by atoms with Crippen LogP contribution in [0.5, 0.6) is 0 Å². The molecule has 0 spiro atoms. The maximum atomic E-state index is 11.3. The summed E-state index contributed by atoms with van der Waals surface area (Å²) < 4.78 is 0. The number of aromatic nitrogens is 2. The highest BCUT2D eigenvalue weighted by atomic mass is 35.5. The van der Waals surface area contributed by atoms with E-state index in [9.17, 15) is 9.90 Å². The lowest BCUT2D eigenvalue weighted by Crippen LogP contribution is -2.03. The number of nitrogens with one attached hydrogen (secondary N) is 1. The molecule has 0 radical (unpaired) electrons. The number of benzene rings is 1. The van der Waals surface area contributed by atoms with Gasteiger partial charge >= 0.3 is 5.97 Å². The molecule has 1 aliphatic rings. The molecule has 5 nitrogen and oxygen atoms in total. The highest BCUT2D eigenvalue weighted by Crippen LogP contribution is 2.40. The third-order valence-electron chi connectivity index (χ3n) is 4.44. The van der Waals surface area contributed by atoms with Crippen LogP contribution < -0.4 is 5.32 Å². The summed E-state index contributed by atoms with van der Waals surface area (Å²) >= 11 is 9.22. The predicted molar refractivity (Wildman–Crippen MR) is 108 cm³/mol. The summed E-state index contributed by atoms with van der Waals surface area (Å²) in [5.41, 5.74) is 2.05. The molecular formula is C18H16ClN3O2S2. The van der Waals surface area contributed by atoms with Crippen LogP contribution in [0.4, 0.5) is 11.5 Å². The molecule has 0 bridgehead atoms. The van der Waals surface area contributed by atoms with Crippen LogP contribution in [-0.4, -0.2) is 27.3 Å². The summed E-state index contributed by atoms with van der Waals surface area (Å²) in [4.78, 5) is 23.1. The second kappa shape index (κ2) is 7.06. The Bertz CT molecular complexity index is 1020. The molecule has 2 heterocycles. The van der Waals surface area contributed by atoms with Crippen molar-refractivity contribution in [2.75, 3.05) is 11.6 Å². The van der Waals surface area contributed by atoms with E-state index in [-0.39, 0.29) is 10.6 Å². The highest BCUT2D eigenvalue weighted by molar-refractivity contribution is 7.98. The molecule has 0 saturated carbocycles. The number of thiophene rings is 1. The lowest BCUT2D eigenvalue weighted by atomic mass is 9.97. The van der Waals surface area contributed by atoms with Gasteiger partial charge in [0.1, 0.15) is 10.6 Å². The molecule has 2 N–H and O–H groups in total. The largest absolute Gasteiger partial charge is 0.478 e. The molecule has 0 unspecified atom stereocenters. The number of rotatable bonds is 4. The molecule has 1 aromatic carbocycles. The van der Waals surface area contributed by atoms with E-state index in [1.54, 1.807) is 23.5 Å². The van der Waals surface area contributed by atoms with E-state index in [0.29, 0.717) is 10.8 Å².